The van der Waals surface area contributed by atoms with Crippen molar-refractivity contribution in [2.24, 2.45) is 0 Å². The van der Waals surface area contributed by atoms with E-state index >= 15 is 0 Å². The van der Waals surface area contributed by atoms with Crippen molar-refractivity contribution >= 4 is 6.29 Å². The van der Waals surface area contributed by atoms with Crippen LogP contribution in [0, 0.1) is 5.82 Å². The number of carbonyl (C=O) groups is 1. The smallest absolute Gasteiger partial charge is 0.127 e. The summed E-state index contributed by atoms with van der Waals surface area (Å²) in [6.07, 6.45) is 4.37. The minimum atomic E-state index is -0.298. The van der Waals surface area contributed by atoms with Gasteiger partial charge in [-0.1, -0.05) is 0 Å². The average molecular weight is 281 g/mol. The number of H-pyrrole nitrogens is 1. The van der Waals surface area contributed by atoms with Gasteiger partial charge in [0.15, 0.2) is 0 Å². The molecule has 0 atom stereocenters. The van der Waals surface area contributed by atoms with E-state index < -0.39 is 0 Å². The lowest BCUT2D eigenvalue weighted by Gasteiger charge is -2.02. The van der Waals surface area contributed by atoms with Gasteiger partial charge in [-0.15, -0.1) is 0 Å². The summed E-state index contributed by atoms with van der Waals surface area (Å²) in [4.78, 5) is 22.3. The third-order valence-corrected chi connectivity index (χ3v) is 3.12. The molecule has 0 fully saturated rings. The second-order valence-corrected chi connectivity index (χ2v) is 4.52. The predicted octanol–water partition coefficient (Wildman–Crippen LogP) is 3.02. The molecule has 0 amide bonds. The summed E-state index contributed by atoms with van der Waals surface area (Å²) in [7, 11) is 0. The Morgan fingerprint density at radius 3 is 2.43 bits per heavy atom. The van der Waals surface area contributed by atoms with E-state index in [4.69, 9.17) is 0 Å². The zero-order chi connectivity index (χ0) is 14.7. The number of hydrogen-bond acceptors (Lipinski definition) is 3. The Hall–Kier alpha value is -2.82. The Morgan fingerprint density at radius 1 is 1.05 bits per heavy atom. The molecule has 0 bridgehead atoms. The van der Waals surface area contributed by atoms with Crippen molar-refractivity contribution in [3.63, 3.8) is 0 Å². The lowest BCUT2D eigenvalue weighted by Crippen LogP contribution is -1.88. The van der Waals surface area contributed by atoms with Crippen molar-refractivity contribution in [3.05, 3.63) is 60.4 Å². The number of nitrogens with zero attached hydrogens (tertiary/aromatic N) is 2. The van der Waals surface area contributed by atoms with E-state index in [-0.39, 0.29) is 12.2 Å². The highest BCUT2D eigenvalue weighted by atomic mass is 19.1. The van der Waals surface area contributed by atoms with Crippen LogP contribution in [0.2, 0.25) is 0 Å². The van der Waals surface area contributed by atoms with E-state index in [2.05, 4.69) is 15.0 Å². The molecule has 0 spiro atoms. The summed E-state index contributed by atoms with van der Waals surface area (Å²) in [6.45, 7) is 0. The topological polar surface area (TPSA) is 58.6 Å². The molecule has 2 heterocycles. The molecule has 0 radical (unpaired) electrons. The lowest BCUT2D eigenvalue weighted by molar-refractivity contribution is -0.107. The van der Waals surface area contributed by atoms with Crippen molar-refractivity contribution in [1.29, 1.82) is 0 Å². The fraction of sp³-hybridized carbons (Fsp3) is 0.0625. The summed E-state index contributed by atoms with van der Waals surface area (Å²) in [5, 5.41) is 0. The average Bonchev–Trinajstić information content (AvgIpc) is 2.93. The van der Waals surface area contributed by atoms with Crippen LogP contribution in [-0.2, 0) is 11.2 Å². The van der Waals surface area contributed by atoms with Gasteiger partial charge in [0.2, 0.25) is 0 Å². The minimum absolute atomic E-state index is 0.208. The van der Waals surface area contributed by atoms with Gasteiger partial charge in [0.25, 0.3) is 0 Å². The van der Waals surface area contributed by atoms with Crippen LogP contribution in [0.3, 0.4) is 0 Å². The number of pyridine rings is 1. The van der Waals surface area contributed by atoms with Crippen LogP contribution in [0.25, 0.3) is 22.5 Å². The van der Waals surface area contributed by atoms with E-state index in [1.807, 2.05) is 12.1 Å². The number of nitrogens with one attached hydrogen (secondary N) is 1. The summed E-state index contributed by atoms with van der Waals surface area (Å²) in [5.41, 5.74) is 3.18. The number of imidazole rings is 1. The second kappa shape index (κ2) is 5.66. The Balaban J connectivity index is 2.14. The Labute approximate surface area is 120 Å². The fourth-order valence-electron chi connectivity index (χ4n) is 2.14. The van der Waals surface area contributed by atoms with Gasteiger partial charge in [-0.05, 0) is 36.4 Å². The molecule has 21 heavy (non-hydrogen) atoms. The Kier molecular flexibility index (Phi) is 3.55. The Bertz CT molecular complexity index is 751. The largest absolute Gasteiger partial charge is 0.341 e. The van der Waals surface area contributed by atoms with Gasteiger partial charge >= 0.3 is 0 Å². The van der Waals surface area contributed by atoms with E-state index in [1.54, 1.807) is 24.5 Å². The molecule has 0 saturated heterocycles. The molecule has 0 saturated carbocycles. The summed E-state index contributed by atoms with van der Waals surface area (Å²) in [5.74, 6) is 0.281. The zero-order valence-electron chi connectivity index (χ0n) is 11.1. The number of halogens is 1. The van der Waals surface area contributed by atoms with Crippen molar-refractivity contribution in [3.8, 4) is 22.5 Å². The fourth-order valence-corrected chi connectivity index (χ4v) is 2.14. The number of benzene rings is 1. The van der Waals surface area contributed by atoms with Crippen molar-refractivity contribution in [2.75, 3.05) is 0 Å². The lowest BCUT2D eigenvalue weighted by atomic mass is 10.1. The highest BCUT2D eigenvalue weighted by Gasteiger charge is 2.13. The number of hydrogen-bond donors (Lipinski definition) is 1. The normalized spacial score (nSPS) is 10.5. The SMILES string of the molecule is O=CCc1nc(-c2ccc(F)cc2)c(-c2ccncc2)[nH]1. The van der Waals surface area contributed by atoms with Crippen LogP contribution in [0.15, 0.2) is 48.8 Å². The molecule has 1 N–H and O–H groups in total. The number of aromatic nitrogens is 3. The zero-order valence-corrected chi connectivity index (χ0v) is 11.1. The number of rotatable bonds is 4. The second-order valence-electron chi connectivity index (χ2n) is 4.52. The minimum Gasteiger partial charge on any atom is -0.341 e. The van der Waals surface area contributed by atoms with Gasteiger partial charge in [-0.2, -0.15) is 0 Å². The van der Waals surface area contributed by atoms with Gasteiger partial charge in [-0.3, -0.25) is 4.98 Å². The number of aromatic amines is 1. The van der Waals surface area contributed by atoms with E-state index in [1.165, 1.54) is 12.1 Å². The first-order chi connectivity index (χ1) is 10.3. The summed E-state index contributed by atoms with van der Waals surface area (Å²) in [6, 6.07) is 9.82. The van der Waals surface area contributed by atoms with Gasteiger partial charge in [-0.25, -0.2) is 9.37 Å². The number of carbonyl (C=O) groups excluding carboxylic acids is 1. The first-order valence-electron chi connectivity index (χ1n) is 6.47. The van der Waals surface area contributed by atoms with E-state index in [0.29, 0.717) is 11.5 Å². The summed E-state index contributed by atoms with van der Waals surface area (Å²) < 4.78 is 13.1. The number of aldehydes is 1. The quantitative estimate of drug-likeness (QED) is 0.748. The molecular weight excluding hydrogens is 269 g/mol. The van der Waals surface area contributed by atoms with Crippen LogP contribution >= 0.6 is 0 Å². The molecule has 0 aliphatic carbocycles. The third kappa shape index (κ3) is 2.72. The van der Waals surface area contributed by atoms with Crippen LogP contribution in [0.1, 0.15) is 5.82 Å². The van der Waals surface area contributed by atoms with Gasteiger partial charge in [0.05, 0.1) is 17.8 Å². The van der Waals surface area contributed by atoms with E-state index in [9.17, 15) is 9.18 Å². The standard InChI is InChI=1S/C16H12FN3O/c17-13-3-1-11(2-4-13)15-16(12-5-8-18-9-6-12)20-14(19-15)7-10-21/h1-6,8-10H,7H2,(H,19,20). The van der Waals surface area contributed by atoms with Crippen molar-refractivity contribution in [1.82, 2.24) is 15.0 Å². The van der Waals surface area contributed by atoms with Crippen molar-refractivity contribution in [2.45, 2.75) is 6.42 Å². The molecule has 1 aromatic carbocycles. The first kappa shape index (κ1) is 13.2. The monoisotopic (exact) mass is 281 g/mol. The molecule has 4 nitrogen and oxygen atoms in total. The maximum atomic E-state index is 13.1. The highest BCUT2D eigenvalue weighted by Crippen LogP contribution is 2.29. The molecule has 0 aliphatic heterocycles. The van der Waals surface area contributed by atoms with Crippen molar-refractivity contribution < 1.29 is 9.18 Å². The molecule has 0 unspecified atom stereocenters. The maximum absolute atomic E-state index is 13.1. The molecule has 0 aliphatic rings. The molecule has 2 aromatic heterocycles. The van der Waals surface area contributed by atoms with E-state index in [0.717, 1.165) is 23.1 Å². The first-order valence-corrected chi connectivity index (χ1v) is 6.47. The summed E-state index contributed by atoms with van der Waals surface area (Å²) >= 11 is 0. The highest BCUT2D eigenvalue weighted by molar-refractivity contribution is 5.78. The molecular formula is C16H12FN3O. The third-order valence-electron chi connectivity index (χ3n) is 3.12. The van der Waals surface area contributed by atoms with Gasteiger partial charge < -0.3 is 9.78 Å². The van der Waals surface area contributed by atoms with Crippen LogP contribution in [0.5, 0.6) is 0 Å². The van der Waals surface area contributed by atoms with Gasteiger partial charge in [0, 0.05) is 23.5 Å². The van der Waals surface area contributed by atoms with Gasteiger partial charge in [0.1, 0.15) is 17.9 Å². The van der Waals surface area contributed by atoms with Crippen LogP contribution < -0.4 is 0 Å². The maximum Gasteiger partial charge on any atom is 0.127 e. The van der Waals surface area contributed by atoms with Crippen LogP contribution in [-0.4, -0.2) is 21.2 Å². The van der Waals surface area contributed by atoms with Crippen LogP contribution in [0.4, 0.5) is 4.39 Å². The molecule has 3 aromatic rings. The molecule has 104 valence electrons. The Morgan fingerprint density at radius 2 is 1.76 bits per heavy atom. The predicted molar refractivity (Wildman–Crippen MR) is 77.0 cm³/mol. The molecule has 5 heteroatoms. The molecule has 3 rings (SSSR count).